The van der Waals surface area contributed by atoms with E-state index in [1.54, 1.807) is 10.9 Å². The van der Waals surface area contributed by atoms with Crippen LogP contribution in [0.2, 0.25) is 0 Å². The maximum atomic E-state index is 12.9. The smallest absolute Gasteiger partial charge is 0.147 e. The SMILES string of the molecule is Cn1cc(CC(=O)C2(c3ccccc3)CCCC2)cn1. The fraction of sp³-hybridized carbons (Fsp3) is 0.412. The molecule has 1 heterocycles. The van der Waals surface area contributed by atoms with Crippen molar-refractivity contribution in [3.63, 3.8) is 0 Å². The molecule has 2 aromatic rings. The minimum Gasteiger partial charge on any atom is -0.298 e. The molecule has 1 fully saturated rings. The molecule has 1 aromatic heterocycles. The molecule has 0 unspecified atom stereocenters. The summed E-state index contributed by atoms with van der Waals surface area (Å²) in [6.45, 7) is 0. The van der Waals surface area contributed by atoms with Gasteiger partial charge in [-0.1, -0.05) is 43.2 Å². The minimum atomic E-state index is -0.267. The normalized spacial score (nSPS) is 17.2. The summed E-state index contributed by atoms with van der Waals surface area (Å²) in [7, 11) is 1.89. The van der Waals surface area contributed by atoms with E-state index >= 15 is 0 Å². The predicted octanol–water partition coefficient (Wildman–Crippen LogP) is 3.04. The summed E-state index contributed by atoms with van der Waals surface area (Å²) in [4.78, 5) is 12.9. The van der Waals surface area contributed by atoms with Crippen LogP contribution in [0.4, 0.5) is 0 Å². The molecule has 3 heteroatoms. The van der Waals surface area contributed by atoms with Crippen LogP contribution in [0.15, 0.2) is 42.7 Å². The van der Waals surface area contributed by atoms with Gasteiger partial charge in [-0.3, -0.25) is 9.48 Å². The standard InChI is InChI=1S/C17H20N2O/c1-19-13-14(12-18-19)11-16(20)17(9-5-6-10-17)15-7-3-2-4-8-15/h2-4,7-8,12-13H,5-6,9-11H2,1H3. The third-order valence-electron chi connectivity index (χ3n) is 4.44. The van der Waals surface area contributed by atoms with Crippen molar-refractivity contribution in [2.75, 3.05) is 0 Å². The molecule has 0 spiro atoms. The lowest BCUT2D eigenvalue weighted by molar-refractivity contribution is -0.123. The highest BCUT2D eigenvalue weighted by atomic mass is 16.1. The average Bonchev–Trinajstić information content (AvgIpc) is 3.10. The number of ketones is 1. The van der Waals surface area contributed by atoms with E-state index in [1.807, 2.05) is 31.4 Å². The summed E-state index contributed by atoms with van der Waals surface area (Å²) in [5, 5.41) is 4.16. The Morgan fingerprint density at radius 1 is 1.25 bits per heavy atom. The van der Waals surface area contributed by atoms with Gasteiger partial charge in [0.1, 0.15) is 5.78 Å². The number of hydrogen-bond acceptors (Lipinski definition) is 2. The van der Waals surface area contributed by atoms with Gasteiger partial charge in [0.05, 0.1) is 11.6 Å². The maximum Gasteiger partial charge on any atom is 0.147 e. The minimum absolute atomic E-state index is 0.267. The molecule has 1 saturated carbocycles. The molecule has 0 aliphatic heterocycles. The molecule has 1 aliphatic carbocycles. The number of carbonyl (C=O) groups is 1. The van der Waals surface area contributed by atoms with E-state index in [0.717, 1.165) is 31.2 Å². The van der Waals surface area contributed by atoms with Gasteiger partial charge in [0.15, 0.2) is 0 Å². The second kappa shape index (κ2) is 5.23. The molecule has 0 atom stereocenters. The van der Waals surface area contributed by atoms with Gasteiger partial charge in [-0.05, 0) is 24.0 Å². The molecule has 104 valence electrons. The van der Waals surface area contributed by atoms with E-state index < -0.39 is 0 Å². The van der Waals surface area contributed by atoms with Gasteiger partial charge in [-0.15, -0.1) is 0 Å². The highest BCUT2D eigenvalue weighted by Crippen LogP contribution is 2.42. The van der Waals surface area contributed by atoms with Gasteiger partial charge < -0.3 is 0 Å². The Morgan fingerprint density at radius 3 is 2.55 bits per heavy atom. The lowest BCUT2D eigenvalue weighted by Gasteiger charge is -2.28. The molecule has 3 rings (SSSR count). The molecular weight excluding hydrogens is 248 g/mol. The van der Waals surface area contributed by atoms with Crippen molar-refractivity contribution in [3.8, 4) is 0 Å². The van der Waals surface area contributed by atoms with Gasteiger partial charge in [-0.2, -0.15) is 5.10 Å². The predicted molar refractivity (Wildman–Crippen MR) is 78.5 cm³/mol. The summed E-state index contributed by atoms with van der Waals surface area (Å²) < 4.78 is 1.76. The first-order chi connectivity index (χ1) is 9.71. The van der Waals surface area contributed by atoms with Gasteiger partial charge in [-0.25, -0.2) is 0 Å². The Balaban J connectivity index is 1.89. The Kier molecular flexibility index (Phi) is 3.43. The summed E-state index contributed by atoms with van der Waals surface area (Å²) in [5.41, 5.74) is 1.93. The number of rotatable bonds is 4. The topological polar surface area (TPSA) is 34.9 Å². The second-order valence-corrected chi connectivity index (χ2v) is 5.78. The van der Waals surface area contributed by atoms with Crippen LogP contribution >= 0.6 is 0 Å². The van der Waals surface area contributed by atoms with E-state index in [9.17, 15) is 4.79 Å². The third kappa shape index (κ3) is 2.28. The van der Waals surface area contributed by atoms with Crippen molar-refractivity contribution in [2.24, 2.45) is 7.05 Å². The van der Waals surface area contributed by atoms with Crippen molar-refractivity contribution in [1.82, 2.24) is 9.78 Å². The maximum absolute atomic E-state index is 12.9. The number of nitrogens with zero attached hydrogens (tertiary/aromatic N) is 2. The lowest BCUT2D eigenvalue weighted by Crippen LogP contribution is -2.34. The number of hydrogen-bond donors (Lipinski definition) is 0. The van der Waals surface area contributed by atoms with Crippen LogP contribution in [0.1, 0.15) is 36.8 Å². The first-order valence-electron chi connectivity index (χ1n) is 7.27. The van der Waals surface area contributed by atoms with Crippen molar-refractivity contribution in [1.29, 1.82) is 0 Å². The van der Waals surface area contributed by atoms with Gasteiger partial charge in [0, 0.05) is 19.7 Å². The van der Waals surface area contributed by atoms with E-state index in [4.69, 9.17) is 0 Å². The zero-order chi connectivity index (χ0) is 14.0. The van der Waals surface area contributed by atoms with Crippen LogP contribution in [0, 0.1) is 0 Å². The van der Waals surface area contributed by atoms with Crippen LogP contribution in [-0.4, -0.2) is 15.6 Å². The molecule has 0 N–H and O–H groups in total. The quantitative estimate of drug-likeness (QED) is 0.854. The van der Waals surface area contributed by atoms with E-state index in [0.29, 0.717) is 12.2 Å². The van der Waals surface area contributed by atoms with Crippen LogP contribution < -0.4 is 0 Å². The molecule has 0 radical (unpaired) electrons. The van der Waals surface area contributed by atoms with Crippen molar-refractivity contribution in [2.45, 2.75) is 37.5 Å². The van der Waals surface area contributed by atoms with Crippen LogP contribution in [0.5, 0.6) is 0 Å². The zero-order valence-corrected chi connectivity index (χ0v) is 11.9. The lowest BCUT2D eigenvalue weighted by atomic mass is 9.74. The number of benzene rings is 1. The summed E-state index contributed by atoms with van der Waals surface area (Å²) in [5.74, 6) is 0.342. The molecule has 0 bridgehead atoms. The number of aryl methyl sites for hydroxylation is 1. The van der Waals surface area contributed by atoms with E-state index in [2.05, 4.69) is 17.2 Å². The number of carbonyl (C=O) groups excluding carboxylic acids is 1. The van der Waals surface area contributed by atoms with Gasteiger partial charge in [0.25, 0.3) is 0 Å². The Bertz CT molecular complexity index is 594. The Labute approximate surface area is 119 Å². The molecule has 1 aliphatic rings. The van der Waals surface area contributed by atoms with E-state index in [1.165, 1.54) is 5.56 Å². The molecular formula is C17H20N2O. The number of Topliss-reactive ketones (excluding diaryl/α,β-unsaturated/α-hetero) is 1. The monoisotopic (exact) mass is 268 g/mol. The van der Waals surface area contributed by atoms with Crippen molar-refractivity contribution < 1.29 is 4.79 Å². The Morgan fingerprint density at radius 2 is 1.95 bits per heavy atom. The Hall–Kier alpha value is -1.90. The molecule has 0 amide bonds. The fourth-order valence-electron chi connectivity index (χ4n) is 3.38. The van der Waals surface area contributed by atoms with Gasteiger partial charge >= 0.3 is 0 Å². The summed E-state index contributed by atoms with van der Waals surface area (Å²) >= 11 is 0. The van der Waals surface area contributed by atoms with Crippen LogP contribution in [0.3, 0.4) is 0 Å². The summed E-state index contributed by atoms with van der Waals surface area (Å²) in [6, 6.07) is 10.3. The fourth-order valence-corrected chi connectivity index (χ4v) is 3.38. The second-order valence-electron chi connectivity index (χ2n) is 5.78. The third-order valence-corrected chi connectivity index (χ3v) is 4.44. The van der Waals surface area contributed by atoms with E-state index in [-0.39, 0.29) is 5.41 Å². The molecule has 3 nitrogen and oxygen atoms in total. The van der Waals surface area contributed by atoms with Gasteiger partial charge in [0.2, 0.25) is 0 Å². The largest absolute Gasteiger partial charge is 0.298 e. The summed E-state index contributed by atoms with van der Waals surface area (Å²) in [6.07, 6.45) is 8.48. The zero-order valence-electron chi connectivity index (χ0n) is 11.9. The van der Waals surface area contributed by atoms with Crippen molar-refractivity contribution in [3.05, 3.63) is 53.9 Å². The van der Waals surface area contributed by atoms with Crippen molar-refractivity contribution >= 4 is 5.78 Å². The first kappa shape index (κ1) is 13.1. The average molecular weight is 268 g/mol. The number of aromatic nitrogens is 2. The van der Waals surface area contributed by atoms with Crippen LogP contribution in [0.25, 0.3) is 0 Å². The highest BCUT2D eigenvalue weighted by molar-refractivity contribution is 5.92. The van der Waals surface area contributed by atoms with Crippen LogP contribution in [-0.2, 0) is 23.7 Å². The molecule has 0 saturated heterocycles. The first-order valence-corrected chi connectivity index (χ1v) is 7.27. The highest BCUT2D eigenvalue weighted by Gasteiger charge is 2.41. The molecule has 20 heavy (non-hydrogen) atoms. The molecule has 1 aromatic carbocycles.